The van der Waals surface area contributed by atoms with E-state index in [9.17, 15) is 0 Å². The Kier molecular flexibility index (Phi) is 9.42. The van der Waals surface area contributed by atoms with Gasteiger partial charge in [-0.2, -0.15) is 0 Å². The Morgan fingerprint density at radius 2 is 2.15 bits per heavy atom. The summed E-state index contributed by atoms with van der Waals surface area (Å²) in [5.41, 5.74) is 0. The summed E-state index contributed by atoms with van der Waals surface area (Å²) in [6.45, 7) is 8.81. The molecular weight excluding hydrogens is 166 g/mol. The van der Waals surface area contributed by atoms with E-state index in [1.807, 2.05) is 14.0 Å². The average Bonchev–Trinajstić information content (AvgIpc) is 2.16. The van der Waals surface area contributed by atoms with E-state index >= 15 is 0 Å². The maximum Gasteiger partial charge on any atom is 0.0725 e. The molecule has 0 unspecified atom stereocenters. The van der Waals surface area contributed by atoms with Crippen LogP contribution in [-0.4, -0.2) is 39.5 Å². The summed E-state index contributed by atoms with van der Waals surface area (Å²) in [5, 5.41) is 3.02. The van der Waals surface area contributed by atoms with E-state index in [1.165, 1.54) is 0 Å². The first-order valence-electron chi connectivity index (χ1n) is 4.77. The van der Waals surface area contributed by atoms with Crippen LogP contribution >= 0.6 is 0 Å². The highest BCUT2D eigenvalue weighted by Crippen LogP contribution is 1.93. The van der Waals surface area contributed by atoms with E-state index in [1.54, 1.807) is 6.08 Å². The topological polar surface area (TPSA) is 30.5 Å². The molecule has 78 valence electrons. The average molecular weight is 187 g/mol. The number of nitrogens with one attached hydrogen (secondary N) is 1. The zero-order chi connectivity index (χ0) is 9.94. The normalized spacial score (nSPS) is 12.8. The molecule has 3 heteroatoms. The van der Waals surface area contributed by atoms with Gasteiger partial charge in [0.05, 0.1) is 12.7 Å². The van der Waals surface area contributed by atoms with Gasteiger partial charge in [0.2, 0.25) is 0 Å². The molecule has 0 rings (SSSR count). The van der Waals surface area contributed by atoms with E-state index in [0.717, 1.165) is 32.8 Å². The van der Waals surface area contributed by atoms with E-state index in [0.29, 0.717) is 0 Å². The van der Waals surface area contributed by atoms with Gasteiger partial charge in [0, 0.05) is 19.8 Å². The SMILES string of the molecule is C=C[C@@H](C)OCCCOCCNC. The highest BCUT2D eigenvalue weighted by Gasteiger charge is 1.94. The minimum Gasteiger partial charge on any atom is -0.380 e. The van der Waals surface area contributed by atoms with Crippen LogP contribution in [0.1, 0.15) is 13.3 Å². The maximum atomic E-state index is 5.38. The Bertz CT molecular complexity index is 117. The van der Waals surface area contributed by atoms with Crippen molar-refractivity contribution >= 4 is 0 Å². The van der Waals surface area contributed by atoms with E-state index < -0.39 is 0 Å². The summed E-state index contributed by atoms with van der Waals surface area (Å²) in [6.07, 6.45) is 2.89. The van der Waals surface area contributed by atoms with Gasteiger partial charge in [-0.3, -0.25) is 0 Å². The highest BCUT2D eigenvalue weighted by molar-refractivity contribution is 4.74. The molecule has 0 bridgehead atoms. The molecule has 0 saturated heterocycles. The van der Waals surface area contributed by atoms with Gasteiger partial charge < -0.3 is 14.8 Å². The first kappa shape index (κ1) is 12.6. The monoisotopic (exact) mass is 187 g/mol. The third-order valence-electron chi connectivity index (χ3n) is 1.64. The minimum atomic E-state index is 0.150. The fourth-order valence-electron chi connectivity index (χ4n) is 0.775. The van der Waals surface area contributed by atoms with Crippen molar-refractivity contribution in [1.82, 2.24) is 5.32 Å². The van der Waals surface area contributed by atoms with Crippen molar-refractivity contribution in [3.05, 3.63) is 12.7 Å². The van der Waals surface area contributed by atoms with Crippen LogP contribution < -0.4 is 5.32 Å². The molecular formula is C10H21NO2. The van der Waals surface area contributed by atoms with Crippen LogP contribution in [0.25, 0.3) is 0 Å². The molecule has 0 aromatic rings. The van der Waals surface area contributed by atoms with Crippen LogP contribution in [-0.2, 0) is 9.47 Å². The van der Waals surface area contributed by atoms with Gasteiger partial charge in [-0.25, -0.2) is 0 Å². The number of ether oxygens (including phenoxy) is 2. The third kappa shape index (κ3) is 9.53. The molecule has 13 heavy (non-hydrogen) atoms. The third-order valence-corrected chi connectivity index (χ3v) is 1.64. The molecule has 0 aliphatic heterocycles. The van der Waals surface area contributed by atoms with Crippen LogP contribution in [0, 0.1) is 0 Å². The lowest BCUT2D eigenvalue weighted by Crippen LogP contribution is -2.15. The predicted molar refractivity (Wildman–Crippen MR) is 55.0 cm³/mol. The van der Waals surface area contributed by atoms with Crippen molar-refractivity contribution in [3.8, 4) is 0 Å². The first-order chi connectivity index (χ1) is 6.31. The molecule has 1 N–H and O–H groups in total. The summed E-state index contributed by atoms with van der Waals surface area (Å²) < 4.78 is 10.7. The van der Waals surface area contributed by atoms with Crippen molar-refractivity contribution < 1.29 is 9.47 Å². The zero-order valence-electron chi connectivity index (χ0n) is 8.71. The second-order valence-electron chi connectivity index (χ2n) is 2.88. The Morgan fingerprint density at radius 3 is 2.77 bits per heavy atom. The standard InChI is InChI=1S/C10H21NO2/c1-4-10(2)13-8-5-7-12-9-6-11-3/h4,10-11H,1,5-9H2,2-3H3/t10-/m1/s1. The largest absolute Gasteiger partial charge is 0.380 e. The number of hydrogen-bond donors (Lipinski definition) is 1. The Labute approximate surface area is 81.1 Å². The molecule has 0 heterocycles. The van der Waals surface area contributed by atoms with Crippen LogP contribution in [0.5, 0.6) is 0 Å². The highest BCUT2D eigenvalue weighted by atomic mass is 16.5. The maximum absolute atomic E-state index is 5.38. The number of likely N-dealkylation sites (N-methyl/N-ethyl adjacent to an activating group) is 1. The van der Waals surface area contributed by atoms with E-state index in [4.69, 9.17) is 9.47 Å². The number of rotatable bonds is 9. The first-order valence-corrected chi connectivity index (χ1v) is 4.77. The van der Waals surface area contributed by atoms with E-state index in [-0.39, 0.29) is 6.10 Å². The quantitative estimate of drug-likeness (QED) is 0.434. The van der Waals surface area contributed by atoms with Gasteiger partial charge >= 0.3 is 0 Å². The molecule has 0 aromatic carbocycles. The van der Waals surface area contributed by atoms with Crippen molar-refractivity contribution in [2.45, 2.75) is 19.4 Å². The molecule has 0 amide bonds. The van der Waals surface area contributed by atoms with Gasteiger partial charge in [0.1, 0.15) is 0 Å². The van der Waals surface area contributed by atoms with Gasteiger partial charge in [-0.15, -0.1) is 6.58 Å². The summed E-state index contributed by atoms with van der Waals surface area (Å²) >= 11 is 0. The Balaban J connectivity index is 2.95. The molecule has 1 atom stereocenters. The van der Waals surface area contributed by atoms with Crippen molar-refractivity contribution in [2.24, 2.45) is 0 Å². The molecule has 0 aromatic heterocycles. The lowest BCUT2D eigenvalue weighted by molar-refractivity contribution is 0.0644. The van der Waals surface area contributed by atoms with Crippen molar-refractivity contribution in [2.75, 3.05) is 33.4 Å². The van der Waals surface area contributed by atoms with Gasteiger partial charge in [-0.05, 0) is 20.4 Å². The minimum absolute atomic E-state index is 0.150. The van der Waals surface area contributed by atoms with Crippen molar-refractivity contribution in [1.29, 1.82) is 0 Å². The van der Waals surface area contributed by atoms with Crippen LogP contribution in [0.4, 0.5) is 0 Å². The fraction of sp³-hybridized carbons (Fsp3) is 0.800. The van der Waals surface area contributed by atoms with Crippen molar-refractivity contribution in [3.63, 3.8) is 0 Å². The Hall–Kier alpha value is -0.380. The smallest absolute Gasteiger partial charge is 0.0725 e. The summed E-state index contributed by atoms with van der Waals surface area (Å²) in [5.74, 6) is 0. The number of hydrogen-bond acceptors (Lipinski definition) is 3. The molecule has 0 aliphatic carbocycles. The molecule has 0 radical (unpaired) electrons. The van der Waals surface area contributed by atoms with Gasteiger partial charge in [-0.1, -0.05) is 6.08 Å². The second kappa shape index (κ2) is 9.71. The van der Waals surface area contributed by atoms with Gasteiger partial charge in [0.15, 0.2) is 0 Å². The summed E-state index contributed by atoms with van der Waals surface area (Å²) in [4.78, 5) is 0. The van der Waals surface area contributed by atoms with Crippen LogP contribution in [0.15, 0.2) is 12.7 Å². The van der Waals surface area contributed by atoms with Crippen LogP contribution in [0.3, 0.4) is 0 Å². The summed E-state index contributed by atoms with van der Waals surface area (Å²) in [7, 11) is 1.91. The second-order valence-corrected chi connectivity index (χ2v) is 2.88. The zero-order valence-corrected chi connectivity index (χ0v) is 8.71. The lowest BCUT2D eigenvalue weighted by atomic mass is 10.4. The molecule has 0 spiro atoms. The van der Waals surface area contributed by atoms with Crippen LogP contribution in [0.2, 0.25) is 0 Å². The molecule has 0 aliphatic rings. The predicted octanol–water partition coefficient (Wildman–Crippen LogP) is 1.20. The molecule has 3 nitrogen and oxygen atoms in total. The molecule has 0 fully saturated rings. The molecule has 0 saturated carbocycles. The summed E-state index contributed by atoms with van der Waals surface area (Å²) in [6, 6.07) is 0. The van der Waals surface area contributed by atoms with Gasteiger partial charge in [0.25, 0.3) is 0 Å². The van der Waals surface area contributed by atoms with E-state index in [2.05, 4.69) is 11.9 Å². The fourth-order valence-corrected chi connectivity index (χ4v) is 0.775. The lowest BCUT2D eigenvalue weighted by Gasteiger charge is -2.08. The Morgan fingerprint density at radius 1 is 1.38 bits per heavy atom.